The van der Waals surface area contributed by atoms with Crippen molar-refractivity contribution in [2.45, 2.75) is 26.3 Å². The Balaban J connectivity index is 2.59. The van der Waals surface area contributed by atoms with Gasteiger partial charge in [0, 0.05) is 6.54 Å². The molecule has 0 aliphatic heterocycles. The molecule has 0 aliphatic rings. The van der Waals surface area contributed by atoms with Crippen LogP contribution in [0.15, 0.2) is 12.1 Å². The average Bonchev–Trinajstić information content (AvgIpc) is 2.39. The third-order valence-corrected chi connectivity index (χ3v) is 2.97. The Kier molecular flexibility index (Phi) is 6.54. The fourth-order valence-electron chi connectivity index (χ4n) is 1.83. The molecule has 0 radical (unpaired) electrons. The second-order valence-electron chi connectivity index (χ2n) is 4.31. The quantitative estimate of drug-likeness (QED) is 0.693. The SMILES string of the molecule is COc1cc(C)c(CNCCCCN)cc1OC. The van der Waals surface area contributed by atoms with Gasteiger partial charge in [0.25, 0.3) is 0 Å². The van der Waals surface area contributed by atoms with E-state index in [-0.39, 0.29) is 0 Å². The molecule has 4 heteroatoms. The summed E-state index contributed by atoms with van der Waals surface area (Å²) in [5.74, 6) is 1.56. The first-order valence-electron chi connectivity index (χ1n) is 6.35. The summed E-state index contributed by atoms with van der Waals surface area (Å²) >= 11 is 0. The molecule has 3 N–H and O–H groups in total. The van der Waals surface area contributed by atoms with E-state index in [1.54, 1.807) is 14.2 Å². The van der Waals surface area contributed by atoms with Gasteiger partial charge in [-0.1, -0.05) is 0 Å². The first-order chi connectivity index (χ1) is 8.72. The lowest BCUT2D eigenvalue weighted by Gasteiger charge is -2.13. The number of benzene rings is 1. The number of hydrogen-bond donors (Lipinski definition) is 2. The summed E-state index contributed by atoms with van der Waals surface area (Å²) in [7, 11) is 3.31. The van der Waals surface area contributed by atoms with Gasteiger partial charge in [0.2, 0.25) is 0 Å². The highest BCUT2D eigenvalue weighted by Crippen LogP contribution is 2.30. The van der Waals surface area contributed by atoms with Gasteiger partial charge in [0.05, 0.1) is 14.2 Å². The van der Waals surface area contributed by atoms with Gasteiger partial charge in [0.1, 0.15) is 0 Å². The zero-order valence-electron chi connectivity index (χ0n) is 11.6. The Morgan fingerprint density at radius 1 is 1.11 bits per heavy atom. The van der Waals surface area contributed by atoms with Crippen LogP contribution in [0.3, 0.4) is 0 Å². The van der Waals surface area contributed by atoms with E-state index in [2.05, 4.69) is 12.2 Å². The molecule has 1 aromatic carbocycles. The first-order valence-corrected chi connectivity index (χ1v) is 6.35. The molecule has 4 nitrogen and oxygen atoms in total. The molecule has 0 heterocycles. The Bertz CT molecular complexity index is 367. The van der Waals surface area contributed by atoms with E-state index in [0.717, 1.165) is 44.0 Å². The van der Waals surface area contributed by atoms with Crippen LogP contribution in [0.2, 0.25) is 0 Å². The number of unbranched alkanes of at least 4 members (excludes halogenated alkanes) is 1. The maximum absolute atomic E-state index is 5.46. The molecule has 0 aliphatic carbocycles. The molecule has 0 amide bonds. The smallest absolute Gasteiger partial charge is 0.161 e. The van der Waals surface area contributed by atoms with Gasteiger partial charge in [0.15, 0.2) is 11.5 Å². The lowest BCUT2D eigenvalue weighted by molar-refractivity contribution is 0.354. The molecule has 1 rings (SSSR count). The molecule has 102 valence electrons. The predicted molar refractivity (Wildman–Crippen MR) is 74.3 cm³/mol. The number of methoxy groups -OCH3 is 2. The minimum absolute atomic E-state index is 0.761. The monoisotopic (exact) mass is 252 g/mol. The summed E-state index contributed by atoms with van der Waals surface area (Å²) in [6.07, 6.45) is 2.18. The first kappa shape index (κ1) is 14.8. The van der Waals surface area contributed by atoms with Gasteiger partial charge < -0.3 is 20.5 Å². The molecular formula is C14H24N2O2. The number of hydrogen-bond acceptors (Lipinski definition) is 4. The number of rotatable bonds is 8. The molecule has 0 spiro atoms. The van der Waals surface area contributed by atoms with Gasteiger partial charge in [-0.15, -0.1) is 0 Å². The lowest BCUT2D eigenvalue weighted by atomic mass is 10.1. The fraction of sp³-hybridized carbons (Fsp3) is 0.571. The number of nitrogens with two attached hydrogens (primary N) is 1. The molecular weight excluding hydrogens is 228 g/mol. The van der Waals surface area contributed by atoms with Crippen LogP contribution in [0.1, 0.15) is 24.0 Å². The van der Waals surface area contributed by atoms with Crippen molar-refractivity contribution >= 4 is 0 Å². The van der Waals surface area contributed by atoms with Gasteiger partial charge in [-0.25, -0.2) is 0 Å². The van der Waals surface area contributed by atoms with Crippen molar-refractivity contribution in [3.05, 3.63) is 23.3 Å². The van der Waals surface area contributed by atoms with Crippen molar-refractivity contribution in [3.63, 3.8) is 0 Å². The zero-order valence-corrected chi connectivity index (χ0v) is 11.6. The van der Waals surface area contributed by atoms with Crippen LogP contribution in [0.25, 0.3) is 0 Å². The molecule has 0 unspecified atom stereocenters. The molecule has 0 saturated heterocycles. The van der Waals surface area contributed by atoms with Crippen molar-refractivity contribution in [2.75, 3.05) is 27.3 Å². The summed E-state index contributed by atoms with van der Waals surface area (Å²) in [4.78, 5) is 0. The predicted octanol–water partition coefficient (Wildman–Crippen LogP) is 1.84. The van der Waals surface area contributed by atoms with Crippen molar-refractivity contribution < 1.29 is 9.47 Å². The van der Waals surface area contributed by atoms with E-state index in [4.69, 9.17) is 15.2 Å². The van der Waals surface area contributed by atoms with Crippen LogP contribution in [0, 0.1) is 6.92 Å². The van der Waals surface area contributed by atoms with E-state index >= 15 is 0 Å². The minimum atomic E-state index is 0.761. The fourth-order valence-corrected chi connectivity index (χ4v) is 1.83. The Hall–Kier alpha value is -1.26. The molecule has 0 aromatic heterocycles. The number of nitrogens with one attached hydrogen (secondary N) is 1. The zero-order chi connectivity index (χ0) is 13.4. The van der Waals surface area contributed by atoms with E-state index in [1.165, 1.54) is 11.1 Å². The molecule has 0 bridgehead atoms. The highest BCUT2D eigenvalue weighted by atomic mass is 16.5. The Labute approximate surface area is 109 Å². The van der Waals surface area contributed by atoms with Gasteiger partial charge >= 0.3 is 0 Å². The highest BCUT2D eigenvalue weighted by Gasteiger charge is 2.07. The van der Waals surface area contributed by atoms with Crippen LogP contribution in [0.5, 0.6) is 11.5 Å². The number of ether oxygens (including phenoxy) is 2. The highest BCUT2D eigenvalue weighted by molar-refractivity contribution is 5.46. The maximum Gasteiger partial charge on any atom is 0.161 e. The van der Waals surface area contributed by atoms with Crippen LogP contribution in [-0.2, 0) is 6.54 Å². The summed E-state index contributed by atoms with van der Waals surface area (Å²) < 4.78 is 10.6. The summed E-state index contributed by atoms with van der Waals surface area (Å²) in [6.45, 7) is 4.68. The van der Waals surface area contributed by atoms with E-state index < -0.39 is 0 Å². The second kappa shape index (κ2) is 7.95. The normalized spacial score (nSPS) is 10.4. The van der Waals surface area contributed by atoms with E-state index in [9.17, 15) is 0 Å². The standard InChI is InChI=1S/C14H24N2O2/c1-11-8-13(17-2)14(18-3)9-12(11)10-16-7-5-4-6-15/h8-9,16H,4-7,10,15H2,1-3H3. The van der Waals surface area contributed by atoms with E-state index in [0.29, 0.717) is 0 Å². The minimum Gasteiger partial charge on any atom is -0.493 e. The molecule has 0 saturated carbocycles. The van der Waals surface area contributed by atoms with Crippen molar-refractivity contribution in [1.29, 1.82) is 0 Å². The van der Waals surface area contributed by atoms with Gasteiger partial charge in [-0.05, 0) is 56.1 Å². The topological polar surface area (TPSA) is 56.5 Å². The van der Waals surface area contributed by atoms with Crippen molar-refractivity contribution in [1.82, 2.24) is 5.32 Å². The Morgan fingerprint density at radius 3 is 2.39 bits per heavy atom. The summed E-state index contributed by atoms with van der Waals surface area (Å²) in [5, 5.41) is 3.41. The summed E-state index contributed by atoms with van der Waals surface area (Å²) in [5.41, 5.74) is 7.90. The third-order valence-electron chi connectivity index (χ3n) is 2.97. The molecule has 0 fully saturated rings. The van der Waals surface area contributed by atoms with Crippen LogP contribution in [0.4, 0.5) is 0 Å². The largest absolute Gasteiger partial charge is 0.493 e. The van der Waals surface area contributed by atoms with E-state index in [1.807, 2.05) is 12.1 Å². The lowest BCUT2D eigenvalue weighted by Crippen LogP contribution is -2.16. The number of aryl methyl sites for hydroxylation is 1. The average molecular weight is 252 g/mol. The van der Waals surface area contributed by atoms with Crippen LogP contribution in [-0.4, -0.2) is 27.3 Å². The maximum atomic E-state index is 5.46. The molecule has 18 heavy (non-hydrogen) atoms. The third kappa shape index (κ3) is 4.20. The Morgan fingerprint density at radius 2 is 1.78 bits per heavy atom. The van der Waals surface area contributed by atoms with Crippen LogP contribution >= 0.6 is 0 Å². The van der Waals surface area contributed by atoms with Gasteiger partial charge in [-0.3, -0.25) is 0 Å². The second-order valence-corrected chi connectivity index (χ2v) is 4.31. The van der Waals surface area contributed by atoms with Crippen LogP contribution < -0.4 is 20.5 Å². The van der Waals surface area contributed by atoms with Crippen molar-refractivity contribution in [3.8, 4) is 11.5 Å². The van der Waals surface area contributed by atoms with Gasteiger partial charge in [-0.2, -0.15) is 0 Å². The molecule has 1 aromatic rings. The van der Waals surface area contributed by atoms with Crippen molar-refractivity contribution in [2.24, 2.45) is 5.73 Å². The molecule has 0 atom stereocenters. The summed E-state index contributed by atoms with van der Waals surface area (Å²) in [6, 6.07) is 4.04.